The van der Waals surface area contributed by atoms with Gasteiger partial charge in [0.25, 0.3) is 5.91 Å². The number of nitrogens with one attached hydrogen (secondary N) is 1. The Kier molecular flexibility index (Phi) is 4.05. The molecule has 2 aromatic carbocycles. The zero-order valence-corrected chi connectivity index (χ0v) is 11.2. The van der Waals surface area contributed by atoms with Crippen LogP contribution in [0.2, 0.25) is 5.02 Å². The predicted molar refractivity (Wildman–Crippen MR) is 74.9 cm³/mol. The predicted octanol–water partition coefficient (Wildman–Crippen LogP) is 3.32. The number of amides is 1. The van der Waals surface area contributed by atoms with Gasteiger partial charge in [0.05, 0.1) is 28.0 Å². The van der Waals surface area contributed by atoms with Crippen molar-refractivity contribution in [3.05, 3.63) is 58.1 Å². The molecule has 0 atom stereocenters. The van der Waals surface area contributed by atoms with Gasteiger partial charge in [-0.2, -0.15) is 5.26 Å². The summed E-state index contributed by atoms with van der Waals surface area (Å²) in [6.45, 7) is 0. The molecule has 21 heavy (non-hydrogen) atoms. The molecule has 0 spiro atoms. The van der Waals surface area contributed by atoms with Gasteiger partial charge in [0.15, 0.2) is 5.82 Å². The Hall–Kier alpha value is -2.65. The van der Waals surface area contributed by atoms with Gasteiger partial charge >= 0.3 is 0 Å². The second-order valence-corrected chi connectivity index (χ2v) is 4.49. The van der Waals surface area contributed by atoms with E-state index in [2.05, 4.69) is 5.32 Å². The lowest BCUT2D eigenvalue weighted by Crippen LogP contribution is -2.17. The Bertz CT molecular complexity index is 772. The summed E-state index contributed by atoms with van der Waals surface area (Å²) >= 11 is 5.86. The Labute approximate surface area is 123 Å². The van der Waals surface area contributed by atoms with E-state index < -0.39 is 23.1 Å². The molecule has 0 aromatic heterocycles. The second-order valence-electron chi connectivity index (χ2n) is 4.09. The number of benzene rings is 2. The minimum atomic E-state index is -1.15. The summed E-state index contributed by atoms with van der Waals surface area (Å²) in [6, 6.07) is 7.90. The molecule has 2 aromatic rings. The number of nitrogen functional groups attached to an aromatic ring is 1. The van der Waals surface area contributed by atoms with Crippen LogP contribution in [0.4, 0.5) is 20.2 Å². The zero-order chi connectivity index (χ0) is 15.6. The van der Waals surface area contributed by atoms with E-state index in [1.807, 2.05) is 6.07 Å². The van der Waals surface area contributed by atoms with Crippen molar-refractivity contribution in [2.45, 2.75) is 0 Å². The molecular formula is C14H8ClF2N3O. The first-order valence-corrected chi connectivity index (χ1v) is 6.06. The highest BCUT2D eigenvalue weighted by molar-refractivity contribution is 6.34. The maximum atomic E-state index is 13.8. The first-order chi connectivity index (χ1) is 9.93. The Morgan fingerprint density at radius 3 is 2.67 bits per heavy atom. The highest BCUT2D eigenvalue weighted by Gasteiger charge is 2.20. The van der Waals surface area contributed by atoms with E-state index in [4.69, 9.17) is 22.6 Å². The number of nitrogens with zero attached hydrogens (tertiary/aromatic N) is 1. The topological polar surface area (TPSA) is 78.9 Å². The average Bonchev–Trinajstić information content (AvgIpc) is 2.46. The fraction of sp³-hybridized carbons (Fsp3) is 0. The zero-order valence-electron chi connectivity index (χ0n) is 10.5. The highest BCUT2D eigenvalue weighted by Crippen LogP contribution is 2.25. The van der Waals surface area contributed by atoms with Crippen molar-refractivity contribution in [1.82, 2.24) is 0 Å². The maximum absolute atomic E-state index is 13.8. The summed E-state index contributed by atoms with van der Waals surface area (Å²) in [5, 5.41) is 11.2. The van der Waals surface area contributed by atoms with E-state index in [0.29, 0.717) is 0 Å². The summed E-state index contributed by atoms with van der Waals surface area (Å²) in [5.41, 5.74) is 4.46. The summed E-state index contributed by atoms with van der Waals surface area (Å²) in [7, 11) is 0. The molecule has 7 heteroatoms. The molecule has 0 bridgehead atoms. The fourth-order valence-electron chi connectivity index (χ4n) is 1.65. The van der Waals surface area contributed by atoms with E-state index in [-0.39, 0.29) is 22.0 Å². The number of nitriles is 1. The number of hydrogen-bond acceptors (Lipinski definition) is 3. The minimum Gasteiger partial charge on any atom is -0.396 e. The molecule has 0 aliphatic rings. The highest BCUT2D eigenvalue weighted by atomic mass is 35.5. The van der Waals surface area contributed by atoms with E-state index >= 15 is 0 Å². The molecular weight excluding hydrogens is 300 g/mol. The van der Waals surface area contributed by atoms with Crippen LogP contribution in [0.1, 0.15) is 15.9 Å². The summed E-state index contributed by atoms with van der Waals surface area (Å²) in [5.74, 6) is -3.25. The van der Waals surface area contributed by atoms with Crippen LogP contribution < -0.4 is 11.1 Å². The molecule has 0 radical (unpaired) electrons. The smallest absolute Gasteiger partial charge is 0.261 e. The summed E-state index contributed by atoms with van der Waals surface area (Å²) in [6.07, 6.45) is 0. The van der Waals surface area contributed by atoms with E-state index in [0.717, 1.165) is 12.1 Å². The van der Waals surface area contributed by atoms with Crippen LogP contribution in [0.3, 0.4) is 0 Å². The van der Waals surface area contributed by atoms with E-state index in [1.165, 1.54) is 18.2 Å². The van der Waals surface area contributed by atoms with Crippen molar-refractivity contribution >= 4 is 28.9 Å². The number of carbonyl (C=O) groups excluding carboxylic acids is 1. The van der Waals surface area contributed by atoms with Crippen molar-refractivity contribution < 1.29 is 13.6 Å². The van der Waals surface area contributed by atoms with Crippen LogP contribution in [0.25, 0.3) is 0 Å². The van der Waals surface area contributed by atoms with Crippen LogP contribution in [0.5, 0.6) is 0 Å². The van der Waals surface area contributed by atoms with Gasteiger partial charge in [0.1, 0.15) is 11.4 Å². The number of halogens is 3. The molecule has 0 heterocycles. The van der Waals surface area contributed by atoms with Gasteiger partial charge in [-0.1, -0.05) is 11.6 Å². The molecule has 1 amide bonds. The van der Waals surface area contributed by atoms with Gasteiger partial charge in [0, 0.05) is 0 Å². The molecule has 0 aliphatic heterocycles. The Morgan fingerprint density at radius 1 is 1.29 bits per heavy atom. The number of rotatable bonds is 2. The second kappa shape index (κ2) is 5.77. The average molecular weight is 308 g/mol. The molecule has 106 valence electrons. The first-order valence-electron chi connectivity index (χ1n) is 5.68. The maximum Gasteiger partial charge on any atom is 0.261 e. The molecule has 0 unspecified atom stereocenters. The monoisotopic (exact) mass is 307 g/mol. The van der Waals surface area contributed by atoms with Crippen molar-refractivity contribution in [2.24, 2.45) is 0 Å². The van der Waals surface area contributed by atoms with Crippen molar-refractivity contribution in [1.29, 1.82) is 5.26 Å². The number of carbonyl (C=O) groups is 1. The van der Waals surface area contributed by atoms with Crippen molar-refractivity contribution in [3.8, 4) is 6.07 Å². The lowest BCUT2D eigenvalue weighted by molar-refractivity contribution is 0.101. The molecule has 3 N–H and O–H groups in total. The normalized spacial score (nSPS) is 10.0. The molecule has 0 saturated carbocycles. The van der Waals surface area contributed by atoms with Crippen LogP contribution >= 0.6 is 11.6 Å². The molecule has 0 saturated heterocycles. The summed E-state index contributed by atoms with van der Waals surface area (Å²) < 4.78 is 27.3. The molecule has 0 aliphatic carbocycles. The third-order valence-electron chi connectivity index (χ3n) is 2.69. The van der Waals surface area contributed by atoms with Crippen LogP contribution in [0, 0.1) is 23.0 Å². The largest absolute Gasteiger partial charge is 0.396 e. The standard InChI is InChI=1S/C14H8ClF2N3O/c15-8-2-1-7(6-18)5-11(8)20-14(21)12-9(16)3-4-10(19)13(12)17/h1-5H,19H2,(H,20,21). The van der Waals surface area contributed by atoms with Gasteiger partial charge < -0.3 is 11.1 Å². The van der Waals surface area contributed by atoms with E-state index in [9.17, 15) is 13.6 Å². The van der Waals surface area contributed by atoms with Gasteiger partial charge in [-0.25, -0.2) is 8.78 Å². The van der Waals surface area contributed by atoms with Crippen LogP contribution in [-0.2, 0) is 0 Å². The van der Waals surface area contributed by atoms with Gasteiger partial charge in [-0.15, -0.1) is 0 Å². The third kappa shape index (κ3) is 2.93. The van der Waals surface area contributed by atoms with Gasteiger partial charge in [-0.3, -0.25) is 4.79 Å². The van der Waals surface area contributed by atoms with Gasteiger partial charge in [0.2, 0.25) is 0 Å². The molecule has 2 rings (SSSR count). The Morgan fingerprint density at radius 2 is 2.00 bits per heavy atom. The number of hydrogen-bond donors (Lipinski definition) is 2. The van der Waals surface area contributed by atoms with Gasteiger partial charge in [-0.05, 0) is 30.3 Å². The fourth-order valence-corrected chi connectivity index (χ4v) is 1.82. The minimum absolute atomic E-state index is 0.0712. The number of anilines is 2. The first kappa shape index (κ1) is 14.8. The van der Waals surface area contributed by atoms with Crippen molar-refractivity contribution in [2.75, 3.05) is 11.1 Å². The summed E-state index contributed by atoms with van der Waals surface area (Å²) in [4.78, 5) is 12.0. The lowest BCUT2D eigenvalue weighted by Gasteiger charge is -2.10. The molecule has 0 fully saturated rings. The third-order valence-corrected chi connectivity index (χ3v) is 3.02. The lowest BCUT2D eigenvalue weighted by atomic mass is 10.1. The van der Waals surface area contributed by atoms with E-state index in [1.54, 1.807) is 0 Å². The Balaban J connectivity index is 2.40. The van der Waals surface area contributed by atoms with Crippen molar-refractivity contribution in [3.63, 3.8) is 0 Å². The number of nitrogens with two attached hydrogens (primary N) is 1. The molecule has 4 nitrogen and oxygen atoms in total. The van der Waals surface area contributed by atoms with Crippen LogP contribution in [0.15, 0.2) is 30.3 Å². The quantitative estimate of drug-likeness (QED) is 0.835. The SMILES string of the molecule is N#Cc1ccc(Cl)c(NC(=O)c2c(F)ccc(N)c2F)c1. The van der Waals surface area contributed by atoms with Crippen LogP contribution in [-0.4, -0.2) is 5.91 Å².